The molecule has 0 bridgehead atoms. The van der Waals surface area contributed by atoms with E-state index in [9.17, 15) is 9.59 Å². The van der Waals surface area contributed by atoms with E-state index in [4.69, 9.17) is 5.73 Å². The Morgan fingerprint density at radius 3 is 2.79 bits per heavy atom. The number of rotatable bonds is 2. The molecule has 1 aliphatic carbocycles. The molecule has 1 saturated carbocycles. The zero-order valence-corrected chi connectivity index (χ0v) is 11.3. The summed E-state index contributed by atoms with van der Waals surface area (Å²) in [5.41, 5.74) is 5.38. The fourth-order valence-electron chi connectivity index (χ4n) is 4.06. The second kappa shape index (κ2) is 5.12. The normalized spacial score (nSPS) is 38.2. The highest BCUT2D eigenvalue weighted by Crippen LogP contribution is 2.38. The van der Waals surface area contributed by atoms with Gasteiger partial charge in [0, 0.05) is 13.1 Å². The van der Waals surface area contributed by atoms with E-state index in [1.54, 1.807) is 0 Å². The Morgan fingerprint density at radius 1 is 1.16 bits per heavy atom. The van der Waals surface area contributed by atoms with Crippen LogP contribution in [-0.2, 0) is 9.59 Å². The minimum Gasteiger partial charge on any atom is -0.369 e. The van der Waals surface area contributed by atoms with Crippen LogP contribution in [0.15, 0.2) is 0 Å². The maximum absolute atomic E-state index is 12.6. The van der Waals surface area contributed by atoms with Crippen LogP contribution in [0.3, 0.4) is 0 Å². The third-order valence-corrected chi connectivity index (χ3v) is 5.15. The lowest BCUT2D eigenvalue weighted by molar-refractivity contribution is -0.137. The van der Waals surface area contributed by atoms with Crippen molar-refractivity contribution in [3.05, 3.63) is 0 Å². The zero-order chi connectivity index (χ0) is 13.4. The Morgan fingerprint density at radius 2 is 2.00 bits per heavy atom. The molecule has 0 spiro atoms. The minimum absolute atomic E-state index is 0.0147. The lowest BCUT2D eigenvalue weighted by Gasteiger charge is -2.34. The summed E-state index contributed by atoms with van der Waals surface area (Å²) in [5.74, 6) is 0.974. The topological polar surface area (TPSA) is 75.4 Å². The first-order valence-electron chi connectivity index (χ1n) is 7.48. The Hall–Kier alpha value is -1.10. The summed E-state index contributed by atoms with van der Waals surface area (Å²) in [6.45, 7) is 2.27. The summed E-state index contributed by atoms with van der Waals surface area (Å²) < 4.78 is 0. The van der Waals surface area contributed by atoms with Crippen LogP contribution in [-0.4, -0.2) is 42.4 Å². The highest BCUT2D eigenvalue weighted by atomic mass is 16.2. The quantitative estimate of drug-likeness (QED) is 0.743. The summed E-state index contributed by atoms with van der Waals surface area (Å²) in [4.78, 5) is 25.8. The van der Waals surface area contributed by atoms with Gasteiger partial charge in [-0.05, 0) is 44.1 Å². The molecule has 106 valence electrons. The number of nitrogens with one attached hydrogen (secondary N) is 1. The van der Waals surface area contributed by atoms with E-state index >= 15 is 0 Å². The lowest BCUT2D eigenvalue weighted by atomic mass is 9.91. The Balaban J connectivity index is 1.65. The summed E-state index contributed by atoms with van der Waals surface area (Å²) in [5, 5.41) is 3.39. The fourth-order valence-corrected chi connectivity index (χ4v) is 4.06. The van der Waals surface area contributed by atoms with Crippen molar-refractivity contribution in [1.29, 1.82) is 0 Å². The van der Waals surface area contributed by atoms with Crippen molar-refractivity contribution in [1.82, 2.24) is 10.2 Å². The molecule has 5 heteroatoms. The van der Waals surface area contributed by atoms with Gasteiger partial charge in [-0.2, -0.15) is 0 Å². The van der Waals surface area contributed by atoms with Gasteiger partial charge in [-0.15, -0.1) is 0 Å². The number of nitrogens with two attached hydrogens (primary N) is 1. The molecule has 4 unspecified atom stereocenters. The van der Waals surface area contributed by atoms with Gasteiger partial charge in [0.25, 0.3) is 0 Å². The molecule has 19 heavy (non-hydrogen) atoms. The molecular formula is C14H23N3O2. The third-order valence-electron chi connectivity index (χ3n) is 5.15. The molecule has 3 aliphatic rings. The van der Waals surface area contributed by atoms with Crippen molar-refractivity contribution in [2.75, 3.05) is 19.6 Å². The number of likely N-dealkylation sites (tertiary alicyclic amines) is 1. The second-order valence-corrected chi connectivity index (χ2v) is 6.27. The van der Waals surface area contributed by atoms with Gasteiger partial charge >= 0.3 is 0 Å². The van der Waals surface area contributed by atoms with Crippen LogP contribution in [0, 0.1) is 17.8 Å². The first kappa shape index (κ1) is 12.9. The van der Waals surface area contributed by atoms with E-state index in [1.165, 1.54) is 19.3 Å². The van der Waals surface area contributed by atoms with Gasteiger partial charge in [0.05, 0.1) is 12.0 Å². The molecule has 3 fully saturated rings. The SMILES string of the molecule is NC(=O)C1CCCN(C(=O)C2NCC3CCCC32)C1. The number of carbonyl (C=O) groups excluding carboxylic acids is 2. The van der Waals surface area contributed by atoms with Crippen molar-refractivity contribution in [3.63, 3.8) is 0 Å². The smallest absolute Gasteiger partial charge is 0.240 e. The van der Waals surface area contributed by atoms with Crippen LogP contribution >= 0.6 is 0 Å². The molecule has 0 aromatic carbocycles. The van der Waals surface area contributed by atoms with E-state index in [2.05, 4.69) is 5.32 Å². The minimum atomic E-state index is -0.268. The van der Waals surface area contributed by atoms with Crippen molar-refractivity contribution >= 4 is 11.8 Å². The predicted octanol–water partition coefficient (Wildman–Crippen LogP) is 0.0984. The number of amides is 2. The number of primary amides is 1. The summed E-state index contributed by atoms with van der Waals surface area (Å²) in [6.07, 6.45) is 5.39. The zero-order valence-electron chi connectivity index (χ0n) is 11.3. The van der Waals surface area contributed by atoms with Crippen LogP contribution in [0.5, 0.6) is 0 Å². The van der Waals surface area contributed by atoms with Crippen molar-refractivity contribution in [2.24, 2.45) is 23.5 Å². The predicted molar refractivity (Wildman–Crippen MR) is 71.1 cm³/mol. The number of carbonyl (C=O) groups is 2. The molecule has 2 amide bonds. The molecule has 2 saturated heterocycles. The lowest BCUT2D eigenvalue weighted by Crippen LogP contribution is -2.51. The fraction of sp³-hybridized carbons (Fsp3) is 0.857. The first-order valence-corrected chi connectivity index (χ1v) is 7.48. The van der Waals surface area contributed by atoms with E-state index in [0.29, 0.717) is 18.4 Å². The number of nitrogens with zero attached hydrogens (tertiary/aromatic N) is 1. The van der Waals surface area contributed by atoms with Crippen LogP contribution in [0.1, 0.15) is 32.1 Å². The van der Waals surface area contributed by atoms with Crippen LogP contribution in [0.4, 0.5) is 0 Å². The number of hydrogen-bond acceptors (Lipinski definition) is 3. The van der Waals surface area contributed by atoms with Gasteiger partial charge in [0.15, 0.2) is 0 Å². The largest absolute Gasteiger partial charge is 0.369 e. The molecule has 0 aromatic rings. The standard InChI is InChI=1S/C14H23N3O2/c15-13(18)10-4-2-6-17(8-10)14(19)12-11-5-1-3-9(11)7-16-12/h9-12,16H,1-8H2,(H2,15,18). The van der Waals surface area contributed by atoms with Gasteiger partial charge in [-0.3, -0.25) is 9.59 Å². The van der Waals surface area contributed by atoms with Crippen molar-refractivity contribution in [2.45, 2.75) is 38.1 Å². The molecule has 0 aromatic heterocycles. The highest BCUT2D eigenvalue weighted by Gasteiger charge is 2.44. The molecule has 2 heterocycles. The van der Waals surface area contributed by atoms with E-state index in [1.807, 2.05) is 4.90 Å². The molecule has 2 aliphatic heterocycles. The van der Waals surface area contributed by atoms with E-state index in [0.717, 1.165) is 25.9 Å². The number of fused-ring (bicyclic) bond motifs is 1. The summed E-state index contributed by atoms with van der Waals surface area (Å²) in [7, 11) is 0. The molecule has 0 radical (unpaired) electrons. The van der Waals surface area contributed by atoms with Gasteiger partial charge in [0.1, 0.15) is 0 Å². The first-order chi connectivity index (χ1) is 9.16. The monoisotopic (exact) mass is 265 g/mol. The van der Waals surface area contributed by atoms with Crippen molar-refractivity contribution in [3.8, 4) is 0 Å². The Bertz CT molecular complexity index is 385. The van der Waals surface area contributed by atoms with Gasteiger partial charge in [-0.1, -0.05) is 6.42 Å². The maximum Gasteiger partial charge on any atom is 0.240 e. The van der Waals surface area contributed by atoms with E-state index in [-0.39, 0.29) is 23.8 Å². The highest BCUT2D eigenvalue weighted by molar-refractivity contribution is 5.84. The third kappa shape index (κ3) is 2.36. The summed E-state index contributed by atoms with van der Waals surface area (Å²) >= 11 is 0. The Labute approximate surface area is 113 Å². The Kier molecular flexibility index (Phi) is 3.48. The van der Waals surface area contributed by atoms with Crippen LogP contribution < -0.4 is 11.1 Å². The van der Waals surface area contributed by atoms with E-state index < -0.39 is 0 Å². The van der Waals surface area contributed by atoms with Crippen LogP contribution in [0.2, 0.25) is 0 Å². The number of piperidine rings is 1. The molecule has 3 N–H and O–H groups in total. The maximum atomic E-state index is 12.6. The number of hydrogen-bond donors (Lipinski definition) is 2. The summed E-state index contributed by atoms with van der Waals surface area (Å²) in [6, 6.07) is -0.0147. The molecular weight excluding hydrogens is 242 g/mol. The van der Waals surface area contributed by atoms with Crippen LogP contribution in [0.25, 0.3) is 0 Å². The average Bonchev–Trinajstić information content (AvgIpc) is 3.00. The second-order valence-electron chi connectivity index (χ2n) is 6.27. The van der Waals surface area contributed by atoms with Crippen molar-refractivity contribution < 1.29 is 9.59 Å². The molecule has 5 nitrogen and oxygen atoms in total. The van der Waals surface area contributed by atoms with Gasteiger partial charge < -0.3 is 16.0 Å². The average molecular weight is 265 g/mol. The molecule has 3 rings (SSSR count). The van der Waals surface area contributed by atoms with Gasteiger partial charge in [-0.25, -0.2) is 0 Å². The van der Waals surface area contributed by atoms with Gasteiger partial charge in [0.2, 0.25) is 11.8 Å². The molecule has 4 atom stereocenters.